The molecular weight excluding hydrogens is 538 g/mol. The third-order valence-electron chi connectivity index (χ3n) is 8.27. The number of para-hydroxylation sites is 2. The van der Waals surface area contributed by atoms with Gasteiger partial charge in [0.1, 0.15) is 6.04 Å². The molecule has 4 aromatic carbocycles. The topological polar surface area (TPSA) is 70.2 Å². The van der Waals surface area contributed by atoms with Crippen LogP contribution in [0.1, 0.15) is 29.3 Å². The van der Waals surface area contributed by atoms with Crippen molar-refractivity contribution in [1.82, 2.24) is 4.90 Å². The van der Waals surface area contributed by atoms with E-state index in [2.05, 4.69) is 0 Å². The lowest BCUT2D eigenvalue weighted by atomic mass is 9.78. The lowest BCUT2D eigenvalue weighted by molar-refractivity contribution is -0.144. The Morgan fingerprint density at radius 2 is 1.33 bits per heavy atom. The molecule has 0 aliphatic carbocycles. The number of amides is 1. The Kier molecular flexibility index (Phi) is 6.62. The van der Waals surface area contributed by atoms with Gasteiger partial charge in [-0.05, 0) is 36.8 Å². The van der Waals surface area contributed by atoms with E-state index in [9.17, 15) is 14.4 Å². The van der Waals surface area contributed by atoms with Crippen LogP contribution in [0, 0.1) is 5.92 Å². The van der Waals surface area contributed by atoms with Crippen LogP contribution in [0.5, 0.6) is 0 Å². The van der Waals surface area contributed by atoms with Gasteiger partial charge in [0.2, 0.25) is 5.88 Å². The Morgan fingerprint density at radius 1 is 0.767 bits per heavy atom. The van der Waals surface area contributed by atoms with E-state index in [1.807, 2.05) is 126 Å². The number of anilines is 2. The first kappa shape index (κ1) is 26.5. The standard InChI is InChI=1S/C36H29N3O4/c1-24-31-33(38(27-18-10-4-11-19-27)39(35(31)42)28-20-12-5-13-21-28)32-29(34(41)26-16-8-3-9-17-26)22-30(40)43-36(32)37(24)23-25-14-6-2-7-15-25/h2-21,29,33H,22-23H2,1H3/t29-,33+/m1/s1. The molecule has 1 fully saturated rings. The molecule has 7 nitrogen and oxygen atoms in total. The maximum Gasteiger partial charge on any atom is 0.313 e. The molecule has 0 unspecified atom stereocenters. The number of ether oxygens (including phenoxy) is 1. The van der Waals surface area contributed by atoms with Gasteiger partial charge < -0.3 is 9.64 Å². The molecule has 3 aliphatic heterocycles. The fourth-order valence-corrected chi connectivity index (χ4v) is 6.31. The molecule has 0 saturated carbocycles. The summed E-state index contributed by atoms with van der Waals surface area (Å²) < 4.78 is 6.05. The highest BCUT2D eigenvalue weighted by Gasteiger charge is 2.55. The van der Waals surface area contributed by atoms with Crippen molar-refractivity contribution in [2.45, 2.75) is 25.9 Å². The normalized spacial score (nSPS) is 19.8. The molecule has 43 heavy (non-hydrogen) atoms. The van der Waals surface area contributed by atoms with Gasteiger partial charge >= 0.3 is 5.97 Å². The summed E-state index contributed by atoms with van der Waals surface area (Å²) >= 11 is 0. The molecule has 1 amide bonds. The molecule has 3 heterocycles. The number of hydrogen-bond donors (Lipinski definition) is 0. The highest BCUT2D eigenvalue weighted by molar-refractivity contribution is 6.14. The van der Waals surface area contributed by atoms with Crippen LogP contribution in [0.25, 0.3) is 0 Å². The van der Waals surface area contributed by atoms with Crippen LogP contribution in [0.4, 0.5) is 11.4 Å². The highest BCUT2D eigenvalue weighted by Crippen LogP contribution is 2.49. The third-order valence-corrected chi connectivity index (χ3v) is 8.27. The molecule has 3 aliphatic rings. The number of nitrogens with zero attached hydrogens (tertiary/aromatic N) is 3. The van der Waals surface area contributed by atoms with Crippen LogP contribution in [0.15, 0.2) is 144 Å². The van der Waals surface area contributed by atoms with E-state index in [1.54, 1.807) is 17.1 Å². The first-order valence-corrected chi connectivity index (χ1v) is 14.3. The lowest BCUT2D eigenvalue weighted by Crippen LogP contribution is -2.49. The minimum Gasteiger partial charge on any atom is -0.409 e. The van der Waals surface area contributed by atoms with Gasteiger partial charge in [-0.3, -0.25) is 19.4 Å². The molecular formula is C36H29N3O4. The summed E-state index contributed by atoms with van der Waals surface area (Å²) in [5.74, 6) is -1.34. The van der Waals surface area contributed by atoms with Crippen molar-refractivity contribution in [3.05, 3.63) is 155 Å². The van der Waals surface area contributed by atoms with Gasteiger partial charge in [0.05, 0.1) is 35.8 Å². The maximum atomic E-state index is 14.6. The zero-order chi connectivity index (χ0) is 29.5. The Balaban J connectivity index is 1.48. The second kappa shape index (κ2) is 10.8. The third kappa shape index (κ3) is 4.50. The SMILES string of the molecule is CC1=C2C(=O)N(c3ccccc3)N(c3ccccc3)[C@@H]2C2=C(OC(=O)C[C@H]2C(=O)c2ccccc2)N1Cc1ccccc1. The minimum atomic E-state index is -0.820. The zero-order valence-corrected chi connectivity index (χ0v) is 23.6. The molecule has 0 bridgehead atoms. The second-order valence-corrected chi connectivity index (χ2v) is 10.8. The van der Waals surface area contributed by atoms with Gasteiger partial charge in [0, 0.05) is 16.8 Å². The number of hydrogen-bond acceptors (Lipinski definition) is 6. The first-order valence-electron chi connectivity index (χ1n) is 14.3. The second-order valence-electron chi connectivity index (χ2n) is 10.8. The van der Waals surface area contributed by atoms with Crippen molar-refractivity contribution >= 4 is 29.0 Å². The quantitative estimate of drug-likeness (QED) is 0.202. The van der Waals surface area contributed by atoms with Crippen molar-refractivity contribution in [3.8, 4) is 0 Å². The maximum absolute atomic E-state index is 14.6. The van der Waals surface area contributed by atoms with Crippen molar-refractivity contribution < 1.29 is 19.1 Å². The van der Waals surface area contributed by atoms with Crippen LogP contribution in [0.2, 0.25) is 0 Å². The molecule has 1 saturated heterocycles. The smallest absolute Gasteiger partial charge is 0.313 e. The predicted molar refractivity (Wildman–Crippen MR) is 163 cm³/mol. The van der Waals surface area contributed by atoms with Gasteiger partial charge in [-0.25, -0.2) is 5.01 Å². The summed E-state index contributed by atoms with van der Waals surface area (Å²) in [6, 6.07) is 37.3. The summed E-state index contributed by atoms with van der Waals surface area (Å²) in [4.78, 5) is 43.9. The summed E-state index contributed by atoms with van der Waals surface area (Å²) in [5, 5.41) is 3.62. The van der Waals surface area contributed by atoms with Crippen molar-refractivity contribution in [3.63, 3.8) is 0 Å². The number of rotatable bonds is 6. The van der Waals surface area contributed by atoms with Gasteiger partial charge in [0.25, 0.3) is 5.91 Å². The Hall–Kier alpha value is -5.43. The van der Waals surface area contributed by atoms with Crippen LogP contribution in [-0.4, -0.2) is 28.6 Å². The molecule has 0 radical (unpaired) electrons. The molecule has 0 aromatic heterocycles. The Labute approximate surface area is 249 Å². The van der Waals surface area contributed by atoms with E-state index in [0.29, 0.717) is 40.5 Å². The number of carbonyl (C=O) groups excluding carboxylic acids is 3. The average molecular weight is 568 g/mol. The monoisotopic (exact) mass is 567 g/mol. The summed E-state index contributed by atoms with van der Waals surface area (Å²) in [6.45, 7) is 2.26. The zero-order valence-electron chi connectivity index (χ0n) is 23.6. The van der Waals surface area contributed by atoms with E-state index in [0.717, 1.165) is 11.3 Å². The van der Waals surface area contributed by atoms with Gasteiger partial charge in [-0.2, -0.15) is 0 Å². The number of carbonyl (C=O) groups is 3. The van der Waals surface area contributed by atoms with Crippen LogP contribution in [0.3, 0.4) is 0 Å². The van der Waals surface area contributed by atoms with Gasteiger partial charge in [-0.15, -0.1) is 0 Å². The van der Waals surface area contributed by atoms with Crippen molar-refractivity contribution in [2.75, 3.05) is 10.0 Å². The fourth-order valence-electron chi connectivity index (χ4n) is 6.31. The van der Waals surface area contributed by atoms with E-state index in [4.69, 9.17) is 4.74 Å². The van der Waals surface area contributed by atoms with Crippen LogP contribution in [-0.2, 0) is 20.9 Å². The molecule has 7 heteroatoms. The molecule has 4 aromatic rings. The molecule has 0 N–H and O–H groups in total. The van der Waals surface area contributed by atoms with Gasteiger partial charge in [0.15, 0.2) is 5.78 Å². The summed E-state index contributed by atoms with van der Waals surface area (Å²) in [6.07, 6.45) is -0.114. The number of allylic oxidation sites excluding steroid dienone is 1. The van der Waals surface area contributed by atoms with Crippen molar-refractivity contribution in [1.29, 1.82) is 0 Å². The Morgan fingerprint density at radius 3 is 1.95 bits per heavy atom. The number of esters is 1. The van der Waals surface area contributed by atoms with Crippen molar-refractivity contribution in [2.24, 2.45) is 5.92 Å². The number of hydrazine groups is 1. The number of Topliss-reactive ketones (excluding diaryl/α,β-unsaturated/α-hetero) is 1. The molecule has 2 atom stereocenters. The average Bonchev–Trinajstić information content (AvgIpc) is 3.36. The molecule has 0 spiro atoms. The number of benzene rings is 4. The van der Waals surface area contributed by atoms with Crippen LogP contribution < -0.4 is 10.0 Å². The lowest BCUT2D eigenvalue weighted by Gasteiger charge is -2.43. The van der Waals surface area contributed by atoms with Crippen LogP contribution >= 0.6 is 0 Å². The summed E-state index contributed by atoms with van der Waals surface area (Å²) in [5.41, 5.74) is 4.79. The van der Waals surface area contributed by atoms with E-state index < -0.39 is 17.9 Å². The van der Waals surface area contributed by atoms with E-state index in [1.165, 1.54) is 0 Å². The van der Waals surface area contributed by atoms with E-state index >= 15 is 0 Å². The molecule has 212 valence electrons. The van der Waals surface area contributed by atoms with E-state index in [-0.39, 0.29) is 18.1 Å². The largest absolute Gasteiger partial charge is 0.409 e. The summed E-state index contributed by atoms with van der Waals surface area (Å²) in [7, 11) is 0. The Bertz CT molecular complexity index is 1770. The minimum absolute atomic E-state index is 0.114. The fraction of sp³-hybridized carbons (Fsp3) is 0.139. The predicted octanol–water partition coefficient (Wildman–Crippen LogP) is 6.27. The van der Waals surface area contributed by atoms with Gasteiger partial charge in [-0.1, -0.05) is 97.1 Å². The number of ketones is 1. The molecule has 7 rings (SSSR count). The highest BCUT2D eigenvalue weighted by atomic mass is 16.6. The first-order chi connectivity index (χ1) is 21.0. The number of fused-ring (bicyclic) bond motifs is 2.